The third-order valence-electron chi connectivity index (χ3n) is 2.78. The zero-order valence-electron chi connectivity index (χ0n) is 11.8. The molecule has 6 nitrogen and oxygen atoms in total. The van der Waals surface area contributed by atoms with Gasteiger partial charge in [0.25, 0.3) is 5.91 Å². The Morgan fingerprint density at radius 3 is 2.68 bits per heavy atom. The summed E-state index contributed by atoms with van der Waals surface area (Å²) in [4.78, 5) is 25.2. The van der Waals surface area contributed by atoms with Crippen molar-refractivity contribution < 1.29 is 9.59 Å². The van der Waals surface area contributed by atoms with Crippen LogP contribution in [-0.2, 0) is 11.3 Å². The van der Waals surface area contributed by atoms with E-state index in [1.54, 1.807) is 23.9 Å². The van der Waals surface area contributed by atoms with E-state index < -0.39 is 0 Å². The predicted molar refractivity (Wildman–Crippen MR) is 74.8 cm³/mol. The van der Waals surface area contributed by atoms with Gasteiger partial charge in [0.05, 0.1) is 12.2 Å². The number of amides is 2. The largest absolute Gasteiger partial charge is 0.397 e. The lowest BCUT2D eigenvalue weighted by Crippen LogP contribution is -2.39. The Labute approximate surface area is 113 Å². The fourth-order valence-corrected chi connectivity index (χ4v) is 1.78. The molecule has 0 fully saturated rings. The van der Waals surface area contributed by atoms with Gasteiger partial charge in [-0.2, -0.15) is 0 Å². The van der Waals surface area contributed by atoms with E-state index >= 15 is 0 Å². The quantitative estimate of drug-likeness (QED) is 0.795. The van der Waals surface area contributed by atoms with E-state index in [0.717, 1.165) is 6.42 Å². The van der Waals surface area contributed by atoms with E-state index in [-0.39, 0.29) is 18.4 Å². The van der Waals surface area contributed by atoms with Crippen molar-refractivity contribution in [2.24, 2.45) is 0 Å². The van der Waals surface area contributed by atoms with Crippen molar-refractivity contribution in [2.45, 2.75) is 26.8 Å². The molecule has 0 aliphatic rings. The van der Waals surface area contributed by atoms with Crippen LogP contribution in [-0.4, -0.2) is 41.4 Å². The SMILES string of the molecule is CCCNC(=O)CN(C)C(=O)c1cc(N)cn1CC. The molecule has 0 unspecified atom stereocenters. The van der Waals surface area contributed by atoms with Crippen LogP contribution in [0.25, 0.3) is 0 Å². The standard InChI is InChI=1S/C13H22N4O2/c1-4-6-15-12(18)9-16(3)13(19)11-7-10(14)8-17(11)5-2/h7-8H,4-6,9,14H2,1-3H3,(H,15,18). The number of nitrogens with two attached hydrogens (primary N) is 1. The first kappa shape index (κ1) is 15.1. The summed E-state index contributed by atoms with van der Waals surface area (Å²) >= 11 is 0. The van der Waals surface area contributed by atoms with E-state index in [2.05, 4.69) is 5.32 Å². The van der Waals surface area contributed by atoms with Crippen molar-refractivity contribution >= 4 is 17.5 Å². The smallest absolute Gasteiger partial charge is 0.270 e. The number of aromatic nitrogens is 1. The number of hydrogen-bond donors (Lipinski definition) is 2. The molecule has 0 saturated carbocycles. The monoisotopic (exact) mass is 266 g/mol. The summed E-state index contributed by atoms with van der Waals surface area (Å²) in [5.74, 6) is -0.356. The number of aryl methyl sites for hydroxylation is 1. The lowest BCUT2D eigenvalue weighted by atomic mass is 10.3. The number of likely N-dealkylation sites (N-methyl/N-ethyl adjacent to an activating group) is 1. The molecule has 106 valence electrons. The lowest BCUT2D eigenvalue weighted by molar-refractivity contribution is -0.121. The molecule has 0 atom stereocenters. The van der Waals surface area contributed by atoms with E-state index in [1.807, 2.05) is 13.8 Å². The Balaban J connectivity index is 2.68. The zero-order valence-corrected chi connectivity index (χ0v) is 11.8. The molecule has 1 aromatic heterocycles. The van der Waals surface area contributed by atoms with Crippen LogP contribution in [0.15, 0.2) is 12.3 Å². The molecule has 0 aliphatic carbocycles. The van der Waals surface area contributed by atoms with Gasteiger partial charge in [-0.05, 0) is 19.4 Å². The second-order valence-corrected chi connectivity index (χ2v) is 4.46. The van der Waals surface area contributed by atoms with Gasteiger partial charge in [0, 0.05) is 26.3 Å². The number of nitrogens with zero attached hydrogens (tertiary/aromatic N) is 2. The minimum atomic E-state index is -0.204. The molecule has 0 spiro atoms. The van der Waals surface area contributed by atoms with Crippen LogP contribution < -0.4 is 11.1 Å². The van der Waals surface area contributed by atoms with Crippen LogP contribution in [0, 0.1) is 0 Å². The lowest BCUT2D eigenvalue weighted by Gasteiger charge is -2.17. The van der Waals surface area contributed by atoms with Gasteiger partial charge in [-0.15, -0.1) is 0 Å². The molecule has 1 aromatic rings. The molecule has 1 heterocycles. The van der Waals surface area contributed by atoms with Crippen molar-refractivity contribution in [3.8, 4) is 0 Å². The van der Waals surface area contributed by atoms with Crippen LogP contribution in [0.1, 0.15) is 30.8 Å². The maximum absolute atomic E-state index is 12.2. The van der Waals surface area contributed by atoms with Gasteiger partial charge in [-0.25, -0.2) is 0 Å². The first-order chi connectivity index (χ1) is 8.99. The van der Waals surface area contributed by atoms with Gasteiger partial charge in [0.2, 0.25) is 5.91 Å². The molecule has 2 amide bonds. The topological polar surface area (TPSA) is 80.4 Å². The first-order valence-electron chi connectivity index (χ1n) is 6.47. The number of anilines is 1. The fraction of sp³-hybridized carbons (Fsp3) is 0.538. The molecule has 0 aliphatic heterocycles. The highest BCUT2D eigenvalue weighted by molar-refractivity contribution is 5.96. The summed E-state index contributed by atoms with van der Waals surface area (Å²) in [6, 6.07) is 1.63. The van der Waals surface area contributed by atoms with Gasteiger partial charge < -0.3 is 20.5 Å². The highest BCUT2D eigenvalue weighted by Crippen LogP contribution is 2.12. The average molecular weight is 266 g/mol. The summed E-state index contributed by atoms with van der Waals surface area (Å²) in [7, 11) is 1.61. The maximum Gasteiger partial charge on any atom is 0.270 e. The van der Waals surface area contributed by atoms with Crippen LogP contribution in [0.2, 0.25) is 0 Å². The van der Waals surface area contributed by atoms with E-state index in [0.29, 0.717) is 24.5 Å². The second-order valence-electron chi connectivity index (χ2n) is 4.46. The molecule has 1 rings (SSSR count). The maximum atomic E-state index is 12.2. The zero-order chi connectivity index (χ0) is 14.4. The molecular formula is C13H22N4O2. The van der Waals surface area contributed by atoms with Crippen LogP contribution in [0.4, 0.5) is 5.69 Å². The van der Waals surface area contributed by atoms with Crippen molar-refractivity contribution in [1.29, 1.82) is 0 Å². The van der Waals surface area contributed by atoms with Crippen molar-refractivity contribution in [3.05, 3.63) is 18.0 Å². The summed E-state index contributed by atoms with van der Waals surface area (Å²) < 4.78 is 1.78. The Hall–Kier alpha value is -1.98. The molecule has 19 heavy (non-hydrogen) atoms. The number of rotatable bonds is 6. The highest BCUT2D eigenvalue weighted by atomic mass is 16.2. The van der Waals surface area contributed by atoms with Crippen LogP contribution >= 0.6 is 0 Å². The number of carbonyl (C=O) groups is 2. The predicted octanol–water partition coefficient (Wildman–Crippen LogP) is 0.688. The van der Waals surface area contributed by atoms with Gasteiger partial charge in [-0.1, -0.05) is 6.92 Å². The first-order valence-corrected chi connectivity index (χ1v) is 6.47. The van der Waals surface area contributed by atoms with Crippen molar-refractivity contribution in [3.63, 3.8) is 0 Å². The van der Waals surface area contributed by atoms with E-state index in [4.69, 9.17) is 5.73 Å². The number of hydrogen-bond acceptors (Lipinski definition) is 3. The normalized spacial score (nSPS) is 10.3. The molecule has 3 N–H and O–H groups in total. The third-order valence-corrected chi connectivity index (χ3v) is 2.78. The number of nitrogen functional groups attached to an aromatic ring is 1. The second kappa shape index (κ2) is 6.82. The summed E-state index contributed by atoms with van der Waals surface area (Å²) in [5, 5.41) is 2.74. The molecule has 0 saturated heterocycles. The molecule has 0 bridgehead atoms. The Morgan fingerprint density at radius 2 is 2.11 bits per heavy atom. The van der Waals surface area contributed by atoms with Crippen LogP contribution in [0.3, 0.4) is 0 Å². The number of nitrogens with one attached hydrogen (secondary N) is 1. The van der Waals surface area contributed by atoms with Gasteiger partial charge in [0.15, 0.2) is 0 Å². The van der Waals surface area contributed by atoms with Gasteiger partial charge in [-0.3, -0.25) is 9.59 Å². The average Bonchev–Trinajstić information content (AvgIpc) is 2.76. The molecule has 0 radical (unpaired) electrons. The summed E-state index contributed by atoms with van der Waals surface area (Å²) in [5.41, 5.74) is 6.74. The van der Waals surface area contributed by atoms with Gasteiger partial charge in [0.1, 0.15) is 5.69 Å². The van der Waals surface area contributed by atoms with Crippen molar-refractivity contribution in [1.82, 2.24) is 14.8 Å². The van der Waals surface area contributed by atoms with Crippen LogP contribution in [0.5, 0.6) is 0 Å². The third kappa shape index (κ3) is 4.01. The van der Waals surface area contributed by atoms with Gasteiger partial charge >= 0.3 is 0 Å². The molecule has 6 heteroatoms. The molecule has 0 aromatic carbocycles. The Kier molecular flexibility index (Phi) is 5.41. The molecular weight excluding hydrogens is 244 g/mol. The minimum Gasteiger partial charge on any atom is -0.397 e. The van der Waals surface area contributed by atoms with Crippen molar-refractivity contribution in [2.75, 3.05) is 25.9 Å². The van der Waals surface area contributed by atoms with E-state index in [1.165, 1.54) is 4.90 Å². The highest BCUT2D eigenvalue weighted by Gasteiger charge is 2.18. The number of carbonyl (C=O) groups excluding carboxylic acids is 2. The Morgan fingerprint density at radius 1 is 1.42 bits per heavy atom. The summed E-state index contributed by atoms with van der Waals surface area (Å²) in [6.07, 6.45) is 2.59. The van der Waals surface area contributed by atoms with E-state index in [9.17, 15) is 9.59 Å². The summed E-state index contributed by atoms with van der Waals surface area (Å²) in [6.45, 7) is 5.25. The Bertz CT molecular complexity index is 453. The minimum absolute atomic E-state index is 0.0492. The fourth-order valence-electron chi connectivity index (χ4n) is 1.78.